The number of hydrogen-bond acceptors (Lipinski definition) is 7. The van der Waals surface area contributed by atoms with Crippen LogP contribution in [0, 0.1) is 22.0 Å². The summed E-state index contributed by atoms with van der Waals surface area (Å²) in [7, 11) is 1.33. The van der Waals surface area contributed by atoms with Crippen LogP contribution in [0.5, 0.6) is 5.75 Å². The highest BCUT2D eigenvalue weighted by atomic mass is 35.5. The number of halogens is 1. The average molecular weight is 621 g/mol. The van der Waals surface area contributed by atoms with Gasteiger partial charge in [-0.2, -0.15) is 5.10 Å². The van der Waals surface area contributed by atoms with E-state index >= 15 is 0 Å². The van der Waals surface area contributed by atoms with Crippen LogP contribution < -0.4 is 15.1 Å². The number of nitro benzene ring substituents is 1. The summed E-state index contributed by atoms with van der Waals surface area (Å²) in [6, 6.07) is 26.1. The van der Waals surface area contributed by atoms with Crippen LogP contribution in [0.25, 0.3) is 0 Å². The molecule has 10 nitrogen and oxygen atoms in total. The van der Waals surface area contributed by atoms with Gasteiger partial charge in [0, 0.05) is 23.2 Å². The molecule has 4 aromatic carbocycles. The predicted molar refractivity (Wildman–Crippen MR) is 166 cm³/mol. The first-order valence-corrected chi connectivity index (χ1v) is 14.6. The average Bonchev–Trinajstić information content (AvgIpc) is 3.32. The molecular formula is C34H25ClN4O6. The molecule has 1 fully saturated rings. The van der Waals surface area contributed by atoms with Gasteiger partial charge < -0.3 is 4.74 Å². The molecule has 4 aliphatic rings. The van der Waals surface area contributed by atoms with Crippen LogP contribution in [-0.4, -0.2) is 36.0 Å². The second-order valence-electron chi connectivity index (χ2n) is 11.2. The summed E-state index contributed by atoms with van der Waals surface area (Å²) in [6.07, 6.45) is 1.65. The van der Waals surface area contributed by atoms with Crippen molar-refractivity contribution >= 4 is 46.9 Å². The molecule has 224 valence electrons. The SMILES string of the molecule is COc1cc([N+](=O)[O-])ccc1N1C(=O)[C@H]2C3c4ccccc4C(/C=N\NC(=O)Cc4ccc(Cl)cc4)(c4ccccc43)[C@H]2C1=O. The maximum Gasteiger partial charge on any atom is 0.273 e. The lowest BCUT2D eigenvalue weighted by molar-refractivity contribution is -0.384. The van der Waals surface area contributed by atoms with Crippen molar-refractivity contribution in [1.82, 2.24) is 5.43 Å². The smallest absolute Gasteiger partial charge is 0.273 e. The number of ether oxygens (including phenoxy) is 1. The quantitative estimate of drug-likeness (QED) is 0.132. The van der Waals surface area contributed by atoms with Gasteiger partial charge in [-0.05, 0) is 46.0 Å². The van der Waals surface area contributed by atoms with Crippen molar-refractivity contribution in [1.29, 1.82) is 0 Å². The van der Waals surface area contributed by atoms with Gasteiger partial charge in [-0.3, -0.25) is 24.5 Å². The van der Waals surface area contributed by atoms with Gasteiger partial charge in [0.1, 0.15) is 5.75 Å². The third kappa shape index (κ3) is 4.24. The second kappa shape index (κ2) is 10.7. The topological polar surface area (TPSA) is 131 Å². The number of methoxy groups -OCH3 is 1. The van der Waals surface area contributed by atoms with Gasteiger partial charge in [-0.1, -0.05) is 72.3 Å². The number of carbonyl (C=O) groups is 3. The minimum Gasteiger partial charge on any atom is -0.494 e. The molecule has 0 spiro atoms. The van der Waals surface area contributed by atoms with Crippen LogP contribution in [0.4, 0.5) is 11.4 Å². The van der Waals surface area contributed by atoms with Crippen LogP contribution in [0.2, 0.25) is 5.02 Å². The Hall–Kier alpha value is -5.35. The van der Waals surface area contributed by atoms with E-state index in [0.29, 0.717) is 5.02 Å². The molecule has 8 rings (SSSR count). The molecule has 0 saturated carbocycles. The highest BCUT2D eigenvalue weighted by Crippen LogP contribution is 2.64. The predicted octanol–water partition coefficient (Wildman–Crippen LogP) is 5.15. The number of rotatable bonds is 7. The number of amides is 3. The zero-order valence-corrected chi connectivity index (χ0v) is 24.6. The highest BCUT2D eigenvalue weighted by molar-refractivity contribution is 6.30. The lowest BCUT2D eigenvalue weighted by Crippen LogP contribution is -2.54. The maximum absolute atomic E-state index is 14.6. The number of benzene rings is 4. The Morgan fingerprint density at radius 1 is 1.00 bits per heavy atom. The minimum atomic E-state index is -1.20. The van der Waals surface area contributed by atoms with Crippen LogP contribution in [0.15, 0.2) is 96.1 Å². The summed E-state index contributed by atoms with van der Waals surface area (Å²) in [4.78, 5) is 53.8. The molecule has 0 radical (unpaired) electrons. The lowest BCUT2D eigenvalue weighted by atomic mass is 9.47. The van der Waals surface area contributed by atoms with Crippen molar-refractivity contribution in [2.75, 3.05) is 12.0 Å². The first kappa shape index (κ1) is 28.4. The Labute approximate surface area is 262 Å². The van der Waals surface area contributed by atoms with E-state index in [0.717, 1.165) is 32.7 Å². The van der Waals surface area contributed by atoms with E-state index in [9.17, 15) is 24.5 Å². The number of anilines is 1. The number of non-ortho nitro benzene ring substituents is 1. The van der Waals surface area contributed by atoms with Crippen molar-refractivity contribution < 1.29 is 24.0 Å². The third-order valence-electron chi connectivity index (χ3n) is 9.03. The van der Waals surface area contributed by atoms with Crippen molar-refractivity contribution in [3.05, 3.63) is 134 Å². The molecule has 1 aliphatic heterocycles. The van der Waals surface area contributed by atoms with Crippen LogP contribution in [0.1, 0.15) is 33.7 Å². The maximum atomic E-state index is 14.6. The summed E-state index contributed by atoms with van der Waals surface area (Å²) < 4.78 is 5.43. The van der Waals surface area contributed by atoms with Gasteiger partial charge in [-0.25, -0.2) is 10.3 Å². The molecule has 1 N–H and O–H groups in total. The monoisotopic (exact) mass is 620 g/mol. The Morgan fingerprint density at radius 3 is 2.27 bits per heavy atom. The van der Waals surface area contributed by atoms with Crippen molar-refractivity contribution in [3.63, 3.8) is 0 Å². The van der Waals surface area contributed by atoms with Gasteiger partial charge >= 0.3 is 0 Å². The molecule has 3 aliphatic carbocycles. The van der Waals surface area contributed by atoms with Crippen LogP contribution in [-0.2, 0) is 26.2 Å². The van der Waals surface area contributed by atoms with E-state index in [4.69, 9.17) is 16.3 Å². The van der Waals surface area contributed by atoms with Crippen LogP contribution >= 0.6 is 11.6 Å². The Bertz CT molecular complexity index is 1890. The highest BCUT2D eigenvalue weighted by Gasteiger charge is 2.68. The number of nitrogens with one attached hydrogen (secondary N) is 1. The number of hydrazone groups is 1. The Kier molecular flexibility index (Phi) is 6.74. The molecule has 2 bridgehead atoms. The Morgan fingerprint density at radius 2 is 1.64 bits per heavy atom. The number of imide groups is 1. The normalized spacial score (nSPS) is 22.6. The van der Waals surface area contributed by atoms with Crippen molar-refractivity contribution in [2.45, 2.75) is 17.8 Å². The molecule has 2 atom stereocenters. The number of nitro groups is 1. The van der Waals surface area contributed by atoms with Gasteiger partial charge in [0.05, 0.1) is 47.5 Å². The van der Waals surface area contributed by atoms with Gasteiger partial charge in [0.25, 0.3) is 5.69 Å². The van der Waals surface area contributed by atoms with E-state index < -0.39 is 39.9 Å². The first-order chi connectivity index (χ1) is 21.8. The van der Waals surface area contributed by atoms with E-state index in [1.807, 2.05) is 48.5 Å². The molecule has 1 heterocycles. The van der Waals surface area contributed by atoms with Crippen LogP contribution in [0.3, 0.4) is 0 Å². The molecule has 0 aromatic heterocycles. The van der Waals surface area contributed by atoms with E-state index in [2.05, 4.69) is 10.5 Å². The fourth-order valence-corrected chi connectivity index (χ4v) is 7.41. The van der Waals surface area contributed by atoms with E-state index in [-0.39, 0.29) is 29.5 Å². The number of hydrogen-bond donors (Lipinski definition) is 1. The van der Waals surface area contributed by atoms with E-state index in [1.165, 1.54) is 25.3 Å². The summed E-state index contributed by atoms with van der Waals surface area (Å²) in [6.45, 7) is 0. The number of nitrogens with zero attached hydrogens (tertiary/aromatic N) is 3. The van der Waals surface area contributed by atoms with Crippen molar-refractivity contribution in [2.24, 2.45) is 16.9 Å². The molecule has 45 heavy (non-hydrogen) atoms. The number of carbonyl (C=O) groups excluding carboxylic acids is 3. The summed E-state index contributed by atoms with van der Waals surface area (Å²) in [5.41, 5.74) is 5.51. The summed E-state index contributed by atoms with van der Waals surface area (Å²) in [5.74, 6) is -3.36. The van der Waals surface area contributed by atoms with Crippen molar-refractivity contribution in [3.8, 4) is 5.75 Å². The molecule has 0 unspecified atom stereocenters. The molecule has 11 heteroatoms. The zero-order valence-electron chi connectivity index (χ0n) is 23.8. The minimum absolute atomic E-state index is 0.0316. The largest absolute Gasteiger partial charge is 0.494 e. The molecule has 4 aromatic rings. The Balaban J connectivity index is 1.35. The standard InChI is InChI=1S/C34H25ClN4O6/c1-45-27-17-21(39(43)44)14-15-26(27)38-32(41)30-29-22-6-2-4-8-24(22)34(31(30)33(38)42,25-9-5-3-7-23(25)29)18-36-37-28(40)16-19-10-12-20(35)13-11-19/h2-15,17-18,29-31H,16H2,1H3,(H,37,40)/b36-18-/t29?,30-,31+,34?/m0/s1. The second-order valence-corrected chi connectivity index (χ2v) is 11.7. The fourth-order valence-electron chi connectivity index (χ4n) is 7.29. The summed E-state index contributed by atoms with van der Waals surface area (Å²) >= 11 is 5.97. The fraction of sp³-hybridized carbons (Fsp3) is 0.176. The van der Waals surface area contributed by atoms with Gasteiger partial charge in [-0.15, -0.1) is 0 Å². The molecule has 3 amide bonds. The van der Waals surface area contributed by atoms with E-state index in [1.54, 1.807) is 30.5 Å². The van der Waals surface area contributed by atoms with Gasteiger partial charge in [0.2, 0.25) is 17.7 Å². The molecule has 1 saturated heterocycles. The van der Waals surface area contributed by atoms with Gasteiger partial charge in [0.15, 0.2) is 0 Å². The molecular weight excluding hydrogens is 596 g/mol. The lowest BCUT2D eigenvalue weighted by Gasteiger charge is -2.52. The summed E-state index contributed by atoms with van der Waals surface area (Å²) in [5, 5.41) is 16.4. The third-order valence-corrected chi connectivity index (χ3v) is 9.29. The first-order valence-electron chi connectivity index (χ1n) is 14.2. The zero-order chi connectivity index (χ0) is 31.5.